The first-order valence-electron chi connectivity index (χ1n) is 6.40. The maximum Gasteiger partial charge on any atom is 0.330 e. The Morgan fingerprint density at radius 1 is 1.33 bits per heavy atom. The molecule has 6 nitrogen and oxygen atoms in total. The van der Waals surface area contributed by atoms with E-state index in [2.05, 4.69) is 15.0 Å². The molecule has 0 spiro atoms. The summed E-state index contributed by atoms with van der Waals surface area (Å²) in [5, 5.41) is 0. The first-order chi connectivity index (χ1) is 8.69. The fourth-order valence-electron chi connectivity index (χ4n) is 2.45. The third-order valence-electron chi connectivity index (χ3n) is 3.71. The quantitative estimate of drug-likeness (QED) is 0.841. The van der Waals surface area contributed by atoms with Gasteiger partial charge in [-0.2, -0.15) is 0 Å². The van der Waals surface area contributed by atoms with Crippen molar-refractivity contribution in [3.05, 3.63) is 26.7 Å². The number of hydrogen-bond donors (Lipinski definition) is 2. The highest BCUT2D eigenvalue weighted by molar-refractivity contribution is 5.69. The van der Waals surface area contributed by atoms with Gasteiger partial charge in [0.05, 0.1) is 0 Å². The summed E-state index contributed by atoms with van der Waals surface area (Å²) in [6, 6.07) is 0. The van der Waals surface area contributed by atoms with Gasteiger partial charge in [0.2, 0.25) is 0 Å². The molecule has 0 amide bonds. The molecule has 2 heterocycles. The predicted octanol–water partition coefficient (Wildman–Crippen LogP) is 0.775. The van der Waals surface area contributed by atoms with Crippen molar-refractivity contribution in [3.63, 3.8) is 0 Å². The standard InChI is InChI=1S/C12H16N4O2/c1-2-16-10-9(11(17)15-12(16)18)13-8(14-10)6-7-4-3-5-7/h7H,2-6H2,1H3,(H,13,14)(H,15,17,18). The predicted molar refractivity (Wildman–Crippen MR) is 67.7 cm³/mol. The van der Waals surface area contributed by atoms with E-state index in [0.717, 1.165) is 12.2 Å². The van der Waals surface area contributed by atoms with E-state index in [1.165, 1.54) is 23.8 Å². The van der Waals surface area contributed by atoms with Crippen molar-refractivity contribution in [3.8, 4) is 0 Å². The monoisotopic (exact) mass is 248 g/mol. The summed E-state index contributed by atoms with van der Waals surface area (Å²) >= 11 is 0. The molecule has 0 atom stereocenters. The van der Waals surface area contributed by atoms with Crippen molar-refractivity contribution < 1.29 is 0 Å². The number of aryl methyl sites for hydroxylation is 1. The molecule has 0 bridgehead atoms. The van der Waals surface area contributed by atoms with Gasteiger partial charge in [-0.15, -0.1) is 0 Å². The van der Waals surface area contributed by atoms with E-state index in [4.69, 9.17) is 0 Å². The minimum atomic E-state index is -0.392. The molecule has 2 aromatic rings. The van der Waals surface area contributed by atoms with Crippen LogP contribution in [0.2, 0.25) is 0 Å². The van der Waals surface area contributed by atoms with Gasteiger partial charge >= 0.3 is 5.69 Å². The summed E-state index contributed by atoms with van der Waals surface area (Å²) in [5.41, 5.74) is 0.107. The first kappa shape index (κ1) is 11.3. The number of hydrogen-bond acceptors (Lipinski definition) is 3. The Hall–Kier alpha value is -1.85. The number of imidazole rings is 1. The molecular weight excluding hydrogens is 232 g/mol. The first-order valence-corrected chi connectivity index (χ1v) is 6.40. The smallest absolute Gasteiger partial charge is 0.330 e. The van der Waals surface area contributed by atoms with E-state index in [-0.39, 0.29) is 5.56 Å². The molecule has 1 aliphatic rings. The normalized spacial score (nSPS) is 16.1. The van der Waals surface area contributed by atoms with E-state index < -0.39 is 5.69 Å². The minimum Gasteiger partial charge on any atom is -0.336 e. The fourth-order valence-corrected chi connectivity index (χ4v) is 2.45. The zero-order chi connectivity index (χ0) is 12.7. The molecule has 0 saturated heterocycles. The second-order valence-corrected chi connectivity index (χ2v) is 4.89. The van der Waals surface area contributed by atoms with Crippen LogP contribution in [0.5, 0.6) is 0 Å². The van der Waals surface area contributed by atoms with Crippen LogP contribution in [-0.4, -0.2) is 19.5 Å². The lowest BCUT2D eigenvalue weighted by Crippen LogP contribution is -2.29. The van der Waals surface area contributed by atoms with Gasteiger partial charge in [0.25, 0.3) is 5.56 Å². The Labute approximate surface area is 103 Å². The zero-order valence-electron chi connectivity index (χ0n) is 10.3. The summed E-state index contributed by atoms with van der Waals surface area (Å²) in [7, 11) is 0. The molecule has 1 fully saturated rings. The Morgan fingerprint density at radius 3 is 2.72 bits per heavy atom. The fraction of sp³-hybridized carbons (Fsp3) is 0.583. The maximum atomic E-state index is 11.7. The molecule has 6 heteroatoms. The summed E-state index contributed by atoms with van der Waals surface area (Å²) in [6.45, 7) is 2.36. The maximum absolute atomic E-state index is 11.7. The Morgan fingerprint density at radius 2 is 2.11 bits per heavy atom. The van der Waals surface area contributed by atoms with Crippen LogP contribution < -0.4 is 11.2 Å². The lowest BCUT2D eigenvalue weighted by Gasteiger charge is -2.23. The molecule has 18 heavy (non-hydrogen) atoms. The zero-order valence-corrected chi connectivity index (χ0v) is 10.3. The van der Waals surface area contributed by atoms with Gasteiger partial charge < -0.3 is 4.98 Å². The van der Waals surface area contributed by atoms with Crippen LogP contribution in [0.1, 0.15) is 32.0 Å². The molecule has 0 unspecified atom stereocenters. The lowest BCUT2D eigenvalue weighted by atomic mass is 9.83. The highest BCUT2D eigenvalue weighted by atomic mass is 16.2. The van der Waals surface area contributed by atoms with E-state index >= 15 is 0 Å². The van der Waals surface area contributed by atoms with Crippen LogP contribution >= 0.6 is 0 Å². The highest BCUT2D eigenvalue weighted by Crippen LogP contribution is 2.29. The Bertz CT molecular complexity index is 690. The van der Waals surface area contributed by atoms with Gasteiger partial charge in [-0.25, -0.2) is 9.78 Å². The molecule has 1 saturated carbocycles. The molecule has 2 aromatic heterocycles. The van der Waals surface area contributed by atoms with Crippen molar-refractivity contribution >= 4 is 11.2 Å². The number of H-pyrrole nitrogens is 2. The molecule has 2 N–H and O–H groups in total. The van der Waals surface area contributed by atoms with Crippen LogP contribution in [-0.2, 0) is 13.0 Å². The summed E-state index contributed by atoms with van der Waals surface area (Å²) in [5.74, 6) is 1.49. The molecule has 0 aliphatic heterocycles. The molecular formula is C12H16N4O2. The summed E-state index contributed by atoms with van der Waals surface area (Å²) in [6.07, 6.45) is 4.61. The van der Waals surface area contributed by atoms with E-state index in [1.54, 1.807) is 0 Å². The second-order valence-electron chi connectivity index (χ2n) is 4.89. The van der Waals surface area contributed by atoms with Gasteiger partial charge in [-0.1, -0.05) is 19.3 Å². The van der Waals surface area contributed by atoms with Crippen LogP contribution in [0.25, 0.3) is 11.2 Å². The molecule has 0 radical (unpaired) electrons. The van der Waals surface area contributed by atoms with Gasteiger partial charge in [0.1, 0.15) is 11.3 Å². The Balaban J connectivity index is 2.12. The van der Waals surface area contributed by atoms with Crippen LogP contribution in [0, 0.1) is 5.92 Å². The van der Waals surface area contributed by atoms with Crippen LogP contribution in [0.4, 0.5) is 0 Å². The van der Waals surface area contributed by atoms with E-state index in [0.29, 0.717) is 23.6 Å². The molecule has 0 aromatic carbocycles. The third-order valence-corrected chi connectivity index (χ3v) is 3.71. The van der Waals surface area contributed by atoms with Gasteiger partial charge in [0, 0.05) is 13.0 Å². The van der Waals surface area contributed by atoms with Crippen LogP contribution in [0.3, 0.4) is 0 Å². The Kier molecular flexibility index (Phi) is 2.57. The molecule has 1 aliphatic carbocycles. The highest BCUT2D eigenvalue weighted by Gasteiger charge is 2.20. The number of nitrogens with zero attached hydrogens (tertiary/aromatic N) is 2. The number of nitrogens with one attached hydrogen (secondary N) is 2. The van der Waals surface area contributed by atoms with Crippen LogP contribution in [0.15, 0.2) is 9.59 Å². The topological polar surface area (TPSA) is 83.5 Å². The average molecular weight is 248 g/mol. The minimum absolute atomic E-state index is 0.382. The number of fused-ring (bicyclic) bond motifs is 1. The second kappa shape index (κ2) is 4.12. The molecule has 96 valence electrons. The number of aromatic nitrogens is 4. The number of aromatic amines is 2. The number of rotatable bonds is 3. The van der Waals surface area contributed by atoms with Crippen molar-refractivity contribution in [2.24, 2.45) is 5.92 Å². The third kappa shape index (κ3) is 1.68. The van der Waals surface area contributed by atoms with Gasteiger partial charge in [-0.05, 0) is 12.8 Å². The summed E-state index contributed by atoms with van der Waals surface area (Å²) in [4.78, 5) is 33.1. The SMILES string of the molecule is CCn1c(=O)[nH]c(=O)c2[nH]c(CC3CCC3)nc21. The van der Waals surface area contributed by atoms with Crippen molar-refractivity contribution in [2.45, 2.75) is 39.2 Å². The van der Waals surface area contributed by atoms with E-state index in [1.807, 2.05) is 6.92 Å². The largest absolute Gasteiger partial charge is 0.336 e. The van der Waals surface area contributed by atoms with Crippen molar-refractivity contribution in [1.82, 2.24) is 19.5 Å². The van der Waals surface area contributed by atoms with Gasteiger partial charge in [0.15, 0.2) is 5.65 Å². The van der Waals surface area contributed by atoms with Crippen molar-refractivity contribution in [2.75, 3.05) is 0 Å². The average Bonchev–Trinajstić information content (AvgIpc) is 2.68. The molecule has 3 rings (SSSR count). The summed E-state index contributed by atoms with van der Waals surface area (Å²) < 4.78 is 1.48. The van der Waals surface area contributed by atoms with Gasteiger partial charge in [-0.3, -0.25) is 14.3 Å². The van der Waals surface area contributed by atoms with E-state index in [9.17, 15) is 9.59 Å². The van der Waals surface area contributed by atoms with Crippen molar-refractivity contribution in [1.29, 1.82) is 0 Å². The lowest BCUT2D eigenvalue weighted by molar-refractivity contribution is 0.310.